The van der Waals surface area contributed by atoms with Gasteiger partial charge in [-0.15, -0.1) is 23.1 Å². The van der Waals surface area contributed by atoms with Crippen LogP contribution in [-0.2, 0) is 10.5 Å². The first kappa shape index (κ1) is 16.9. The first-order valence-corrected chi connectivity index (χ1v) is 9.65. The van der Waals surface area contributed by atoms with Crippen LogP contribution >= 0.6 is 55.0 Å². The number of hydrogen-bond donors (Lipinski definition) is 1. The molecule has 0 fully saturated rings. The van der Waals surface area contributed by atoms with Gasteiger partial charge in [-0.2, -0.15) is 0 Å². The molecule has 0 unspecified atom stereocenters. The third-order valence-corrected chi connectivity index (χ3v) is 5.89. The van der Waals surface area contributed by atoms with Crippen molar-refractivity contribution >= 4 is 66.6 Å². The summed E-state index contributed by atoms with van der Waals surface area (Å²) in [7, 11) is 1.59. The molecule has 0 radical (unpaired) electrons. The quantitative estimate of drug-likeness (QED) is 0.660. The Bertz CT molecular complexity index is 618. The highest BCUT2D eigenvalue weighted by Gasteiger charge is 2.10. The molecule has 0 saturated heterocycles. The number of anilines is 1. The Balaban J connectivity index is 1.90. The zero-order chi connectivity index (χ0) is 15.2. The van der Waals surface area contributed by atoms with Gasteiger partial charge in [-0.25, -0.2) is 0 Å². The van der Waals surface area contributed by atoms with Crippen LogP contribution < -0.4 is 10.1 Å². The second-order valence-corrected chi connectivity index (χ2v) is 7.81. The van der Waals surface area contributed by atoms with Crippen molar-refractivity contribution in [1.29, 1.82) is 0 Å². The van der Waals surface area contributed by atoms with Crippen molar-refractivity contribution in [2.45, 2.75) is 5.75 Å². The smallest absolute Gasteiger partial charge is 0.234 e. The summed E-state index contributed by atoms with van der Waals surface area (Å²) in [6.45, 7) is 0. The van der Waals surface area contributed by atoms with Gasteiger partial charge in [0, 0.05) is 21.2 Å². The number of halogens is 2. The van der Waals surface area contributed by atoms with Crippen molar-refractivity contribution in [2.24, 2.45) is 0 Å². The Morgan fingerprint density at radius 1 is 1.38 bits per heavy atom. The zero-order valence-corrected chi connectivity index (χ0v) is 16.0. The number of rotatable bonds is 6. The van der Waals surface area contributed by atoms with Crippen molar-refractivity contribution in [3.63, 3.8) is 0 Å². The van der Waals surface area contributed by atoms with E-state index in [2.05, 4.69) is 43.2 Å². The number of thiophene rings is 1. The lowest BCUT2D eigenvalue weighted by Crippen LogP contribution is -2.14. The molecular formula is C14H13Br2NO2S2. The van der Waals surface area contributed by atoms with Crippen molar-refractivity contribution in [1.82, 2.24) is 0 Å². The van der Waals surface area contributed by atoms with Gasteiger partial charge in [-0.05, 0) is 49.4 Å². The van der Waals surface area contributed by atoms with Gasteiger partial charge >= 0.3 is 0 Å². The van der Waals surface area contributed by atoms with E-state index in [0.717, 1.165) is 14.7 Å². The highest BCUT2D eigenvalue weighted by Crippen LogP contribution is 2.34. The first-order valence-electron chi connectivity index (χ1n) is 6.03. The number of hydrogen-bond acceptors (Lipinski definition) is 4. The van der Waals surface area contributed by atoms with Gasteiger partial charge in [-0.1, -0.05) is 6.07 Å². The second-order valence-electron chi connectivity index (χ2n) is 4.09. The fraction of sp³-hybridized carbons (Fsp3) is 0.214. The highest BCUT2D eigenvalue weighted by atomic mass is 79.9. The molecule has 0 atom stereocenters. The normalized spacial score (nSPS) is 10.4. The molecule has 2 rings (SSSR count). The van der Waals surface area contributed by atoms with Crippen LogP contribution in [0.5, 0.6) is 5.75 Å². The molecule has 2 aromatic rings. The van der Waals surface area contributed by atoms with E-state index < -0.39 is 0 Å². The average Bonchev–Trinajstić information content (AvgIpc) is 2.95. The fourth-order valence-electron chi connectivity index (χ4n) is 1.61. The zero-order valence-electron chi connectivity index (χ0n) is 11.2. The Morgan fingerprint density at radius 3 is 2.86 bits per heavy atom. The molecule has 0 saturated carbocycles. The maximum Gasteiger partial charge on any atom is 0.234 e. The number of thioether (sulfide) groups is 1. The van der Waals surface area contributed by atoms with E-state index in [9.17, 15) is 4.79 Å². The summed E-state index contributed by atoms with van der Waals surface area (Å²) in [5.74, 6) is 1.93. The molecule has 0 bridgehead atoms. The largest absolute Gasteiger partial charge is 0.495 e. The van der Waals surface area contributed by atoms with E-state index in [0.29, 0.717) is 17.2 Å². The number of carbonyl (C=O) groups is 1. The lowest BCUT2D eigenvalue weighted by Gasteiger charge is -2.11. The molecule has 112 valence electrons. The number of carbonyl (C=O) groups excluding carboxylic acids is 1. The lowest BCUT2D eigenvalue weighted by molar-refractivity contribution is -0.113. The summed E-state index contributed by atoms with van der Waals surface area (Å²) in [4.78, 5) is 13.3. The van der Waals surface area contributed by atoms with E-state index in [1.807, 2.05) is 17.5 Å². The fourth-order valence-corrected chi connectivity index (χ4v) is 4.53. The summed E-state index contributed by atoms with van der Waals surface area (Å²) >= 11 is 10.1. The van der Waals surface area contributed by atoms with Gasteiger partial charge in [0.25, 0.3) is 0 Å². The number of benzene rings is 1. The van der Waals surface area contributed by atoms with E-state index in [1.165, 1.54) is 4.88 Å². The highest BCUT2D eigenvalue weighted by molar-refractivity contribution is 9.11. The lowest BCUT2D eigenvalue weighted by atomic mass is 10.3. The number of amides is 1. The summed E-state index contributed by atoms with van der Waals surface area (Å²) in [5, 5.41) is 4.93. The summed E-state index contributed by atoms with van der Waals surface area (Å²) in [6, 6.07) is 7.74. The van der Waals surface area contributed by atoms with Crippen LogP contribution in [0.3, 0.4) is 0 Å². The van der Waals surface area contributed by atoms with Crippen molar-refractivity contribution in [3.8, 4) is 5.75 Å². The molecule has 1 N–H and O–H groups in total. The Labute approximate surface area is 148 Å². The van der Waals surface area contributed by atoms with E-state index in [1.54, 1.807) is 36.3 Å². The number of nitrogens with one attached hydrogen (secondary N) is 1. The van der Waals surface area contributed by atoms with Crippen LogP contribution in [0, 0.1) is 0 Å². The summed E-state index contributed by atoms with van der Waals surface area (Å²) < 4.78 is 6.88. The van der Waals surface area contributed by atoms with Gasteiger partial charge in [0.05, 0.1) is 23.0 Å². The molecule has 0 aliphatic carbocycles. The van der Waals surface area contributed by atoms with Gasteiger partial charge < -0.3 is 10.1 Å². The topological polar surface area (TPSA) is 38.3 Å². The van der Waals surface area contributed by atoms with Gasteiger partial charge in [0.2, 0.25) is 5.91 Å². The third kappa shape index (κ3) is 5.02. The molecule has 7 heteroatoms. The van der Waals surface area contributed by atoms with Gasteiger partial charge in [0.1, 0.15) is 5.75 Å². The van der Waals surface area contributed by atoms with Crippen molar-refractivity contribution in [3.05, 3.63) is 43.5 Å². The van der Waals surface area contributed by atoms with E-state index >= 15 is 0 Å². The van der Waals surface area contributed by atoms with Gasteiger partial charge in [-0.3, -0.25) is 4.79 Å². The average molecular weight is 451 g/mol. The molecule has 0 aliphatic rings. The van der Waals surface area contributed by atoms with Gasteiger partial charge in [0.15, 0.2) is 0 Å². The van der Waals surface area contributed by atoms with Crippen LogP contribution in [0.25, 0.3) is 0 Å². The molecule has 1 amide bonds. The SMILES string of the molecule is COc1cc(NC(=O)CSCc2cccs2)c(Br)cc1Br. The van der Waals surface area contributed by atoms with E-state index in [-0.39, 0.29) is 5.91 Å². The second kappa shape index (κ2) is 8.22. The van der Waals surface area contributed by atoms with Crippen molar-refractivity contribution < 1.29 is 9.53 Å². The molecule has 3 nitrogen and oxygen atoms in total. The van der Waals surface area contributed by atoms with E-state index in [4.69, 9.17) is 4.74 Å². The Kier molecular flexibility index (Phi) is 6.60. The molecule has 1 aromatic carbocycles. The van der Waals surface area contributed by atoms with Crippen LogP contribution in [-0.4, -0.2) is 18.8 Å². The van der Waals surface area contributed by atoms with Crippen molar-refractivity contribution in [2.75, 3.05) is 18.2 Å². The third-order valence-electron chi connectivity index (χ3n) is 2.57. The first-order chi connectivity index (χ1) is 10.1. The summed E-state index contributed by atoms with van der Waals surface area (Å²) in [5.41, 5.74) is 0.705. The molecule has 1 aromatic heterocycles. The number of ether oxygens (including phenoxy) is 1. The van der Waals surface area contributed by atoms with Crippen LogP contribution in [0.1, 0.15) is 4.88 Å². The summed E-state index contributed by atoms with van der Waals surface area (Å²) in [6.07, 6.45) is 0. The maximum atomic E-state index is 12.0. The van der Waals surface area contributed by atoms with Crippen LogP contribution in [0.2, 0.25) is 0 Å². The Morgan fingerprint density at radius 2 is 2.19 bits per heavy atom. The maximum absolute atomic E-state index is 12.0. The number of methoxy groups -OCH3 is 1. The minimum atomic E-state index is -0.0263. The predicted octanol–water partition coefficient (Wildman–Crippen LogP) is 5.15. The van der Waals surface area contributed by atoms with Crippen LogP contribution in [0.4, 0.5) is 5.69 Å². The standard InChI is InChI=1S/C14H13Br2NO2S2/c1-19-13-6-12(10(15)5-11(13)16)17-14(18)8-20-7-9-3-2-4-21-9/h2-6H,7-8H2,1H3,(H,17,18). The predicted molar refractivity (Wildman–Crippen MR) is 97.5 cm³/mol. The van der Waals surface area contributed by atoms with Crippen LogP contribution in [0.15, 0.2) is 38.6 Å². The molecule has 0 spiro atoms. The minimum absolute atomic E-state index is 0.0263. The minimum Gasteiger partial charge on any atom is -0.495 e. The molecule has 21 heavy (non-hydrogen) atoms. The molecule has 0 aliphatic heterocycles. The monoisotopic (exact) mass is 449 g/mol. The molecular weight excluding hydrogens is 438 g/mol. The molecule has 1 heterocycles. The Hall–Kier alpha value is -0.500.